The van der Waals surface area contributed by atoms with Gasteiger partial charge in [-0.15, -0.1) is 0 Å². The Morgan fingerprint density at radius 1 is 1.04 bits per heavy atom. The van der Waals surface area contributed by atoms with E-state index in [1.54, 1.807) is 0 Å². The molecule has 0 aromatic heterocycles. The van der Waals surface area contributed by atoms with Gasteiger partial charge in [0, 0.05) is 6.42 Å². The molecule has 138 valence electrons. The highest BCUT2D eigenvalue weighted by molar-refractivity contribution is 5.76. The summed E-state index contributed by atoms with van der Waals surface area (Å²) in [7, 11) is 0. The third kappa shape index (κ3) is 4.37. The molecule has 3 rings (SSSR count). The maximum absolute atomic E-state index is 12.5. The Hall–Kier alpha value is -2.49. The Morgan fingerprint density at radius 2 is 1.73 bits per heavy atom. The van der Waals surface area contributed by atoms with Crippen LogP contribution in [-0.2, 0) is 17.6 Å². The lowest BCUT2D eigenvalue weighted by Gasteiger charge is -2.23. The van der Waals surface area contributed by atoms with E-state index < -0.39 is 0 Å². The number of benzene rings is 2. The van der Waals surface area contributed by atoms with Crippen LogP contribution in [0.25, 0.3) is 0 Å². The smallest absolute Gasteiger partial charge is 0.231 e. The molecule has 1 atom stereocenters. The fourth-order valence-corrected chi connectivity index (χ4v) is 3.20. The molecular weight excluding hydrogens is 326 g/mol. The van der Waals surface area contributed by atoms with Gasteiger partial charge >= 0.3 is 0 Å². The minimum Gasteiger partial charge on any atom is -0.454 e. The predicted octanol–water partition coefficient (Wildman–Crippen LogP) is 4.42. The molecule has 0 saturated carbocycles. The van der Waals surface area contributed by atoms with Crippen molar-refractivity contribution in [2.24, 2.45) is 5.92 Å². The summed E-state index contributed by atoms with van der Waals surface area (Å²) < 4.78 is 10.7. The van der Waals surface area contributed by atoms with E-state index in [0.29, 0.717) is 18.8 Å². The van der Waals surface area contributed by atoms with Crippen LogP contribution in [0.4, 0.5) is 0 Å². The summed E-state index contributed by atoms with van der Waals surface area (Å²) >= 11 is 0. The first-order valence-electron chi connectivity index (χ1n) is 9.33. The molecule has 4 nitrogen and oxygen atoms in total. The van der Waals surface area contributed by atoms with Gasteiger partial charge in [-0.3, -0.25) is 4.79 Å². The standard InChI is InChI=1S/C22H27NO3/c1-4-16-5-9-18(10-6-16)22(15(2)3)23-21(24)12-8-17-7-11-19-20(13-17)26-14-25-19/h5-7,9-11,13,15,22H,4,8,12,14H2,1-3H3,(H,23,24). The second-order valence-electron chi connectivity index (χ2n) is 7.07. The minimum atomic E-state index is 0.0326. The molecule has 0 bridgehead atoms. The zero-order valence-electron chi connectivity index (χ0n) is 15.7. The summed E-state index contributed by atoms with van der Waals surface area (Å²) in [5, 5.41) is 3.20. The highest BCUT2D eigenvalue weighted by Crippen LogP contribution is 2.32. The molecule has 0 aliphatic carbocycles. The Labute approximate surface area is 155 Å². The topological polar surface area (TPSA) is 47.6 Å². The van der Waals surface area contributed by atoms with Crippen molar-refractivity contribution in [1.82, 2.24) is 5.32 Å². The maximum atomic E-state index is 12.5. The second kappa shape index (κ2) is 8.26. The van der Waals surface area contributed by atoms with Crippen LogP contribution >= 0.6 is 0 Å². The van der Waals surface area contributed by atoms with E-state index in [2.05, 4.69) is 50.4 Å². The molecule has 1 aliphatic rings. The van der Waals surface area contributed by atoms with E-state index in [4.69, 9.17) is 9.47 Å². The largest absolute Gasteiger partial charge is 0.454 e. The highest BCUT2D eigenvalue weighted by Gasteiger charge is 2.19. The van der Waals surface area contributed by atoms with Crippen molar-refractivity contribution in [2.75, 3.05) is 6.79 Å². The molecule has 0 saturated heterocycles. The molecule has 2 aromatic carbocycles. The van der Waals surface area contributed by atoms with Gasteiger partial charge in [0.25, 0.3) is 0 Å². The minimum absolute atomic E-state index is 0.0326. The van der Waals surface area contributed by atoms with Gasteiger partial charge in [-0.25, -0.2) is 0 Å². The lowest BCUT2D eigenvalue weighted by molar-refractivity contribution is -0.122. The van der Waals surface area contributed by atoms with Gasteiger partial charge in [-0.1, -0.05) is 51.1 Å². The van der Waals surface area contributed by atoms with E-state index in [1.807, 2.05) is 18.2 Å². The molecular formula is C22H27NO3. The summed E-state index contributed by atoms with van der Waals surface area (Å²) in [6, 6.07) is 14.4. The molecule has 1 aliphatic heterocycles. The third-order valence-electron chi connectivity index (χ3n) is 4.81. The van der Waals surface area contributed by atoms with Crippen molar-refractivity contribution in [3.63, 3.8) is 0 Å². The van der Waals surface area contributed by atoms with Crippen LogP contribution in [0.5, 0.6) is 11.5 Å². The van der Waals surface area contributed by atoms with Crippen LogP contribution in [0, 0.1) is 5.92 Å². The number of fused-ring (bicyclic) bond motifs is 1. The number of nitrogens with one attached hydrogen (secondary N) is 1. The molecule has 1 heterocycles. The van der Waals surface area contributed by atoms with E-state index in [9.17, 15) is 4.79 Å². The summed E-state index contributed by atoms with van der Waals surface area (Å²) in [5.74, 6) is 1.94. The van der Waals surface area contributed by atoms with E-state index >= 15 is 0 Å². The van der Waals surface area contributed by atoms with E-state index in [1.165, 1.54) is 5.56 Å². The van der Waals surface area contributed by atoms with Crippen LogP contribution in [0.1, 0.15) is 49.9 Å². The normalized spacial score (nSPS) is 13.7. The Kier molecular flexibility index (Phi) is 5.82. The first-order chi connectivity index (χ1) is 12.6. The predicted molar refractivity (Wildman–Crippen MR) is 102 cm³/mol. The Bertz CT molecular complexity index is 752. The van der Waals surface area contributed by atoms with Gasteiger partial charge in [0.15, 0.2) is 11.5 Å². The molecule has 0 spiro atoms. The molecule has 1 unspecified atom stereocenters. The summed E-state index contributed by atoms with van der Waals surface area (Å²) in [6.45, 7) is 6.69. The zero-order valence-corrected chi connectivity index (χ0v) is 15.7. The number of aryl methyl sites for hydroxylation is 2. The van der Waals surface area contributed by atoms with Gasteiger partial charge < -0.3 is 14.8 Å². The first-order valence-corrected chi connectivity index (χ1v) is 9.33. The zero-order chi connectivity index (χ0) is 18.5. The maximum Gasteiger partial charge on any atom is 0.231 e. The number of rotatable bonds is 7. The number of hydrogen-bond donors (Lipinski definition) is 1. The SMILES string of the molecule is CCc1ccc(C(NC(=O)CCc2ccc3c(c2)OCO3)C(C)C)cc1. The summed E-state index contributed by atoms with van der Waals surface area (Å²) in [6.07, 6.45) is 2.16. The number of hydrogen-bond acceptors (Lipinski definition) is 3. The van der Waals surface area contributed by atoms with Crippen molar-refractivity contribution in [3.8, 4) is 11.5 Å². The van der Waals surface area contributed by atoms with Crippen molar-refractivity contribution < 1.29 is 14.3 Å². The van der Waals surface area contributed by atoms with Gasteiger partial charge in [0.05, 0.1) is 6.04 Å². The third-order valence-corrected chi connectivity index (χ3v) is 4.81. The molecule has 26 heavy (non-hydrogen) atoms. The molecule has 1 N–H and O–H groups in total. The van der Waals surface area contributed by atoms with Gasteiger partial charge in [0.1, 0.15) is 0 Å². The summed E-state index contributed by atoms with van der Waals surface area (Å²) in [5.41, 5.74) is 3.55. The van der Waals surface area contributed by atoms with Crippen molar-refractivity contribution in [3.05, 3.63) is 59.2 Å². The lowest BCUT2D eigenvalue weighted by atomic mass is 9.94. The molecule has 0 radical (unpaired) electrons. The van der Waals surface area contributed by atoms with Crippen LogP contribution in [0.3, 0.4) is 0 Å². The Balaban J connectivity index is 1.59. The molecule has 2 aromatic rings. The number of carbonyl (C=O) groups excluding carboxylic acids is 1. The monoisotopic (exact) mass is 353 g/mol. The quantitative estimate of drug-likeness (QED) is 0.801. The van der Waals surface area contributed by atoms with Gasteiger partial charge in [-0.05, 0) is 47.6 Å². The average molecular weight is 353 g/mol. The van der Waals surface area contributed by atoms with Crippen molar-refractivity contribution >= 4 is 5.91 Å². The van der Waals surface area contributed by atoms with Crippen LogP contribution < -0.4 is 14.8 Å². The van der Waals surface area contributed by atoms with E-state index in [-0.39, 0.29) is 18.7 Å². The first kappa shape index (κ1) is 18.3. The number of ether oxygens (including phenoxy) is 2. The lowest BCUT2D eigenvalue weighted by Crippen LogP contribution is -2.31. The van der Waals surface area contributed by atoms with Crippen LogP contribution in [0.2, 0.25) is 0 Å². The Morgan fingerprint density at radius 3 is 2.42 bits per heavy atom. The fourth-order valence-electron chi connectivity index (χ4n) is 3.20. The fraction of sp³-hybridized carbons (Fsp3) is 0.409. The summed E-state index contributed by atoms with van der Waals surface area (Å²) in [4.78, 5) is 12.5. The second-order valence-corrected chi connectivity index (χ2v) is 7.07. The number of amides is 1. The average Bonchev–Trinajstić information content (AvgIpc) is 3.12. The molecule has 4 heteroatoms. The van der Waals surface area contributed by atoms with Crippen molar-refractivity contribution in [2.45, 2.75) is 46.1 Å². The highest BCUT2D eigenvalue weighted by atomic mass is 16.7. The molecule has 0 fully saturated rings. The number of carbonyl (C=O) groups is 1. The molecule has 1 amide bonds. The van der Waals surface area contributed by atoms with Gasteiger partial charge in [-0.2, -0.15) is 0 Å². The van der Waals surface area contributed by atoms with Crippen molar-refractivity contribution in [1.29, 1.82) is 0 Å². The van der Waals surface area contributed by atoms with Gasteiger partial charge in [0.2, 0.25) is 12.7 Å². The van der Waals surface area contributed by atoms with E-state index in [0.717, 1.165) is 29.0 Å². The van der Waals surface area contributed by atoms with Crippen LogP contribution in [0.15, 0.2) is 42.5 Å². The van der Waals surface area contributed by atoms with Crippen LogP contribution in [-0.4, -0.2) is 12.7 Å².